The van der Waals surface area contributed by atoms with E-state index in [0.29, 0.717) is 12.8 Å². The van der Waals surface area contributed by atoms with Gasteiger partial charge in [-0.25, -0.2) is 4.57 Å². The molecule has 0 aromatic heterocycles. The van der Waals surface area contributed by atoms with Crippen molar-refractivity contribution in [3.05, 3.63) is 0 Å². The Morgan fingerprint density at radius 3 is 1.12 bits per heavy atom. The van der Waals surface area contributed by atoms with E-state index in [0.717, 1.165) is 38.5 Å². The number of carbonyl (C=O) groups is 1. The van der Waals surface area contributed by atoms with Crippen molar-refractivity contribution >= 4 is 13.7 Å². The number of carbonyl (C=O) groups excluding carboxylic acids is 1. The van der Waals surface area contributed by atoms with Gasteiger partial charge in [0.1, 0.15) is 0 Å². The summed E-state index contributed by atoms with van der Waals surface area (Å²) in [6, 6.07) is -0.892. The molecule has 60 heavy (non-hydrogen) atoms. The van der Waals surface area contributed by atoms with Gasteiger partial charge in [0.15, 0.2) is 0 Å². The average Bonchev–Trinajstić information content (AvgIpc) is 3.23. The fourth-order valence-corrected chi connectivity index (χ4v) is 9.06. The Kier molecular flexibility index (Phi) is 46.0. The molecule has 4 unspecified atom stereocenters. The minimum Gasteiger partial charge on any atom is -0.393 e. The molecule has 6 N–H and O–H groups in total. The van der Waals surface area contributed by atoms with Crippen molar-refractivity contribution in [3.8, 4) is 0 Å². The van der Waals surface area contributed by atoms with Gasteiger partial charge >= 0.3 is 7.82 Å². The number of nitrogens with two attached hydrogens (primary N) is 1. The lowest BCUT2D eigenvalue weighted by molar-refractivity contribution is -0.125. The molecule has 0 aliphatic rings. The maximum Gasteiger partial charge on any atom is 0.472 e. The predicted octanol–water partition coefficient (Wildman–Crippen LogP) is 14.3. The van der Waals surface area contributed by atoms with Crippen LogP contribution in [0.1, 0.15) is 277 Å². The Morgan fingerprint density at radius 2 is 0.800 bits per heavy atom. The molecule has 0 fully saturated rings. The van der Waals surface area contributed by atoms with Crippen LogP contribution in [0.25, 0.3) is 0 Å². The first-order valence-electron chi connectivity index (χ1n) is 26.2. The van der Waals surface area contributed by atoms with Gasteiger partial charge in [-0.15, -0.1) is 0 Å². The minimum absolute atomic E-state index is 0.0630. The highest BCUT2D eigenvalue weighted by atomic mass is 31.2. The van der Waals surface area contributed by atoms with Crippen LogP contribution in [0.15, 0.2) is 0 Å². The highest BCUT2D eigenvalue weighted by Gasteiger charge is 2.28. The molecule has 4 atom stereocenters. The van der Waals surface area contributed by atoms with Crippen molar-refractivity contribution in [2.45, 2.75) is 295 Å². The molecule has 0 aliphatic heterocycles. The van der Waals surface area contributed by atoms with Crippen molar-refractivity contribution in [3.63, 3.8) is 0 Å². The van der Waals surface area contributed by atoms with Crippen molar-refractivity contribution in [2.75, 3.05) is 19.8 Å². The largest absolute Gasteiger partial charge is 0.472 e. The fourth-order valence-electron chi connectivity index (χ4n) is 8.30. The number of unbranched alkanes of at least 4 members (excludes halogenated alkanes) is 36. The molecule has 0 aromatic carbocycles. The lowest BCUT2D eigenvalue weighted by Gasteiger charge is -2.25. The second-order valence-electron chi connectivity index (χ2n) is 18.3. The molecular weight excluding hydrogens is 772 g/mol. The molecule has 0 heterocycles. The quantitative estimate of drug-likeness (QED) is 0.0299. The number of phosphoric acid groups is 1. The number of hydrogen-bond donors (Lipinski definition) is 5. The van der Waals surface area contributed by atoms with Crippen molar-refractivity contribution in [2.24, 2.45) is 5.73 Å². The van der Waals surface area contributed by atoms with Gasteiger partial charge in [-0.3, -0.25) is 13.8 Å². The first kappa shape index (κ1) is 59.5. The summed E-state index contributed by atoms with van der Waals surface area (Å²) in [5, 5.41) is 24.3. The van der Waals surface area contributed by atoms with Crippen LogP contribution in [0.5, 0.6) is 0 Å². The minimum atomic E-state index is -4.38. The van der Waals surface area contributed by atoms with Gasteiger partial charge < -0.3 is 26.2 Å². The first-order chi connectivity index (χ1) is 29.3. The van der Waals surface area contributed by atoms with Crippen molar-refractivity contribution in [1.82, 2.24) is 5.32 Å². The van der Waals surface area contributed by atoms with E-state index in [9.17, 15) is 24.5 Å². The predicted molar refractivity (Wildman–Crippen MR) is 255 cm³/mol. The summed E-state index contributed by atoms with van der Waals surface area (Å²) in [5.74, 6) is -0.406. The molecule has 1 amide bonds. The number of phosphoric ester groups is 1. The second-order valence-corrected chi connectivity index (χ2v) is 19.7. The number of amides is 1. The van der Waals surface area contributed by atoms with Crippen LogP contribution in [0.2, 0.25) is 0 Å². The summed E-state index contributed by atoms with van der Waals surface area (Å²) < 4.78 is 22.2. The maximum absolute atomic E-state index is 12.9. The zero-order valence-corrected chi connectivity index (χ0v) is 40.7. The van der Waals surface area contributed by atoms with Crippen LogP contribution >= 0.6 is 7.82 Å². The van der Waals surface area contributed by atoms with Gasteiger partial charge in [0.25, 0.3) is 0 Å². The molecule has 0 aromatic rings. The van der Waals surface area contributed by atoms with E-state index < -0.39 is 32.0 Å². The second kappa shape index (κ2) is 46.5. The first-order valence-corrected chi connectivity index (χ1v) is 27.7. The monoisotopic (exact) mass is 875 g/mol. The van der Waals surface area contributed by atoms with Crippen LogP contribution in [-0.4, -0.2) is 59.0 Å². The zero-order chi connectivity index (χ0) is 44.0. The molecule has 0 aliphatic carbocycles. The average molecular weight is 875 g/mol. The topological polar surface area (TPSA) is 151 Å². The fraction of sp³-hybridized carbons (Fsp3) is 0.980. The van der Waals surface area contributed by atoms with Gasteiger partial charge in [-0.2, -0.15) is 0 Å². The number of rotatable bonds is 50. The SMILES string of the molecule is CCCCCCCCCCCCCCCCCCCCCC(O)CC(=O)NC(COP(=O)(O)OCCN)C(O)CCCCCCCCCCCCCCCCCCCCC. The highest BCUT2D eigenvalue weighted by molar-refractivity contribution is 7.47. The third-order valence-electron chi connectivity index (χ3n) is 12.3. The molecule has 0 saturated heterocycles. The number of aliphatic hydroxyl groups excluding tert-OH is 2. The van der Waals surface area contributed by atoms with Gasteiger partial charge in [-0.1, -0.05) is 258 Å². The maximum atomic E-state index is 12.9. The standard InChI is InChI=1S/C50H103N2O7P/c1-3-5-7-9-11-13-15-17-19-21-23-25-27-29-31-33-35-37-39-41-47(53)45-50(55)52-48(46-59-60(56,57)58-44-43-51)49(54)42-40-38-36-34-32-30-28-26-24-22-20-18-16-14-12-10-8-6-4-2/h47-49,53-54H,3-46,51H2,1-2H3,(H,52,55)(H,56,57). The van der Waals surface area contributed by atoms with Gasteiger partial charge in [-0.05, 0) is 12.8 Å². The normalized spacial score (nSPS) is 14.3. The van der Waals surface area contributed by atoms with E-state index in [4.69, 9.17) is 14.8 Å². The summed E-state index contributed by atoms with van der Waals surface area (Å²) in [7, 11) is -4.38. The number of aliphatic hydroxyl groups is 2. The number of hydrogen-bond acceptors (Lipinski definition) is 7. The Labute approximate surface area is 372 Å². The van der Waals surface area contributed by atoms with Crippen LogP contribution in [0, 0.1) is 0 Å². The molecule has 0 bridgehead atoms. The molecule has 0 spiro atoms. The van der Waals surface area contributed by atoms with Crippen molar-refractivity contribution < 1.29 is 33.5 Å². The zero-order valence-electron chi connectivity index (χ0n) is 39.8. The van der Waals surface area contributed by atoms with Gasteiger partial charge in [0.2, 0.25) is 5.91 Å². The van der Waals surface area contributed by atoms with Crippen LogP contribution in [0.4, 0.5) is 0 Å². The molecule has 0 rings (SSSR count). The lowest BCUT2D eigenvalue weighted by Crippen LogP contribution is -2.47. The van der Waals surface area contributed by atoms with E-state index in [2.05, 4.69) is 19.2 Å². The van der Waals surface area contributed by atoms with E-state index >= 15 is 0 Å². The smallest absolute Gasteiger partial charge is 0.393 e. The summed E-state index contributed by atoms with van der Waals surface area (Å²) in [5.41, 5.74) is 5.39. The summed E-state index contributed by atoms with van der Waals surface area (Å²) in [6.45, 7) is 4.10. The van der Waals surface area contributed by atoms with E-state index in [1.165, 1.54) is 205 Å². The third kappa shape index (κ3) is 44.1. The molecule has 360 valence electrons. The van der Waals surface area contributed by atoms with Gasteiger partial charge in [0.05, 0.1) is 37.9 Å². The summed E-state index contributed by atoms with van der Waals surface area (Å²) in [4.78, 5) is 22.9. The highest BCUT2D eigenvalue weighted by Crippen LogP contribution is 2.43. The molecule has 10 heteroatoms. The lowest BCUT2D eigenvalue weighted by atomic mass is 10.0. The van der Waals surface area contributed by atoms with Crippen LogP contribution < -0.4 is 11.1 Å². The Bertz CT molecular complexity index is 929. The van der Waals surface area contributed by atoms with Crippen molar-refractivity contribution in [1.29, 1.82) is 0 Å². The summed E-state index contributed by atoms with van der Waals surface area (Å²) >= 11 is 0. The van der Waals surface area contributed by atoms with Crippen LogP contribution in [-0.2, 0) is 18.4 Å². The third-order valence-corrected chi connectivity index (χ3v) is 13.2. The van der Waals surface area contributed by atoms with E-state index in [1.54, 1.807) is 0 Å². The van der Waals surface area contributed by atoms with E-state index in [1.807, 2.05) is 0 Å². The Hall–Kier alpha value is -0.540. The van der Waals surface area contributed by atoms with Crippen LogP contribution in [0.3, 0.4) is 0 Å². The Balaban J connectivity index is 4.10. The molecule has 0 saturated carbocycles. The van der Waals surface area contributed by atoms with E-state index in [-0.39, 0.29) is 26.2 Å². The number of nitrogens with one attached hydrogen (secondary N) is 1. The van der Waals surface area contributed by atoms with Gasteiger partial charge in [0, 0.05) is 6.54 Å². The molecule has 0 radical (unpaired) electrons. The Morgan fingerprint density at radius 1 is 0.500 bits per heavy atom. The molecule has 9 nitrogen and oxygen atoms in total. The summed E-state index contributed by atoms with van der Waals surface area (Å²) in [6.07, 6.45) is 48.7. The molecular formula is C50H103N2O7P.